The normalized spacial score (nSPS) is 16.6. The Kier molecular flexibility index (Phi) is 6.45. The molecule has 2 aliphatic heterocycles. The highest BCUT2D eigenvalue weighted by Gasteiger charge is 2.26. The maximum atomic E-state index is 12.4. The summed E-state index contributed by atoms with van der Waals surface area (Å²) in [5, 5.41) is 5.84. The monoisotopic (exact) mass is 472 g/mol. The highest BCUT2D eigenvalue weighted by Crippen LogP contribution is 2.38. The first-order valence-electron chi connectivity index (χ1n) is 11.4. The molecular weight excluding hydrogens is 448 g/mol. The Labute approximate surface area is 202 Å². The largest absolute Gasteiger partial charge is 0.489 e. The highest BCUT2D eigenvalue weighted by atomic mass is 16.6. The summed E-state index contributed by atoms with van der Waals surface area (Å²) in [7, 11) is 0. The summed E-state index contributed by atoms with van der Waals surface area (Å²) in [4.78, 5) is 36.0. The van der Waals surface area contributed by atoms with Crippen molar-refractivity contribution in [2.45, 2.75) is 25.5 Å². The Bertz CT molecular complexity index is 1260. The van der Waals surface area contributed by atoms with Gasteiger partial charge in [0.1, 0.15) is 18.4 Å². The van der Waals surface area contributed by atoms with E-state index in [0.29, 0.717) is 29.2 Å². The van der Waals surface area contributed by atoms with E-state index >= 15 is 0 Å². The maximum absolute atomic E-state index is 12.4. The van der Waals surface area contributed by atoms with Gasteiger partial charge in [-0.25, -0.2) is 9.59 Å². The van der Waals surface area contributed by atoms with Gasteiger partial charge in [-0.1, -0.05) is 36.4 Å². The fraction of sp³-hybridized carbons (Fsp3) is 0.222. The molecule has 3 aromatic rings. The molecule has 35 heavy (non-hydrogen) atoms. The van der Waals surface area contributed by atoms with Gasteiger partial charge >= 0.3 is 11.9 Å². The van der Waals surface area contributed by atoms with Gasteiger partial charge in [0.15, 0.2) is 12.4 Å². The number of ether oxygens (including phenoxy) is 3. The average Bonchev–Trinajstić information content (AvgIpc) is 3.43. The zero-order valence-electron chi connectivity index (χ0n) is 18.9. The van der Waals surface area contributed by atoms with Gasteiger partial charge in [0.25, 0.3) is 5.91 Å². The third-order valence-corrected chi connectivity index (χ3v) is 5.91. The summed E-state index contributed by atoms with van der Waals surface area (Å²) in [5.74, 6) is -0.0794. The van der Waals surface area contributed by atoms with Crippen molar-refractivity contribution in [1.29, 1.82) is 0 Å². The zero-order chi connectivity index (χ0) is 24.2. The Morgan fingerprint density at radius 3 is 2.66 bits per heavy atom. The van der Waals surface area contributed by atoms with Gasteiger partial charge in [0, 0.05) is 5.56 Å². The molecule has 1 amide bonds. The quantitative estimate of drug-likeness (QED) is 0.417. The van der Waals surface area contributed by atoms with E-state index in [-0.39, 0.29) is 19.1 Å². The summed E-state index contributed by atoms with van der Waals surface area (Å²) in [6, 6.07) is 19.6. The predicted octanol–water partition coefficient (Wildman–Crippen LogP) is 3.70. The Morgan fingerprint density at radius 2 is 1.86 bits per heavy atom. The lowest BCUT2D eigenvalue weighted by Gasteiger charge is -2.20. The number of rotatable bonds is 6. The lowest BCUT2D eigenvalue weighted by atomic mass is 10.0. The lowest BCUT2D eigenvalue weighted by Crippen LogP contribution is -2.33. The molecule has 1 atom stereocenters. The molecular formula is C27H24N2O6. The second kappa shape index (κ2) is 9.99. The van der Waals surface area contributed by atoms with Crippen molar-refractivity contribution in [2.24, 2.45) is 0 Å². The fourth-order valence-corrected chi connectivity index (χ4v) is 4.13. The molecule has 2 heterocycles. The molecule has 2 N–H and O–H groups in total. The van der Waals surface area contributed by atoms with Crippen molar-refractivity contribution in [3.63, 3.8) is 0 Å². The number of para-hydroxylation sites is 1. The number of carbonyl (C=O) groups excluding carboxylic acids is 3. The van der Waals surface area contributed by atoms with E-state index in [9.17, 15) is 14.4 Å². The van der Waals surface area contributed by atoms with Gasteiger partial charge in [0.05, 0.1) is 11.3 Å². The zero-order valence-corrected chi connectivity index (χ0v) is 18.9. The van der Waals surface area contributed by atoms with E-state index in [1.165, 1.54) is 0 Å². The number of carbonyl (C=O) groups is 3. The van der Waals surface area contributed by atoms with Crippen LogP contribution in [0.15, 0.2) is 66.7 Å². The molecule has 1 saturated heterocycles. The van der Waals surface area contributed by atoms with Crippen molar-refractivity contribution in [2.75, 3.05) is 18.5 Å². The van der Waals surface area contributed by atoms with Crippen LogP contribution in [-0.4, -0.2) is 37.0 Å². The third-order valence-electron chi connectivity index (χ3n) is 5.91. The summed E-state index contributed by atoms with van der Waals surface area (Å²) in [6.45, 7) is 0.985. The molecule has 1 fully saturated rings. The van der Waals surface area contributed by atoms with Crippen molar-refractivity contribution < 1.29 is 28.6 Å². The molecule has 8 heteroatoms. The molecule has 3 aromatic carbocycles. The first kappa shape index (κ1) is 22.6. The van der Waals surface area contributed by atoms with E-state index in [0.717, 1.165) is 29.7 Å². The average molecular weight is 472 g/mol. The van der Waals surface area contributed by atoms with Gasteiger partial charge in [-0.05, 0) is 60.8 Å². The van der Waals surface area contributed by atoms with Crippen LogP contribution in [0.5, 0.6) is 11.5 Å². The van der Waals surface area contributed by atoms with Crippen molar-refractivity contribution in [3.8, 4) is 22.6 Å². The Hall–Kier alpha value is -4.17. The summed E-state index contributed by atoms with van der Waals surface area (Å²) < 4.78 is 16.5. The summed E-state index contributed by atoms with van der Waals surface area (Å²) in [6.07, 6.45) is 1.57. The lowest BCUT2D eigenvalue weighted by molar-refractivity contribution is -0.140. The molecule has 178 valence electrons. The molecule has 8 nitrogen and oxygen atoms in total. The molecule has 5 rings (SSSR count). The number of benzene rings is 3. The van der Waals surface area contributed by atoms with Crippen molar-refractivity contribution >= 4 is 23.5 Å². The number of hydrogen-bond acceptors (Lipinski definition) is 7. The van der Waals surface area contributed by atoms with Crippen LogP contribution >= 0.6 is 0 Å². The summed E-state index contributed by atoms with van der Waals surface area (Å²) in [5.41, 5.74) is 3.53. The van der Waals surface area contributed by atoms with E-state index < -0.39 is 18.0 Å². The van der Waals surface area contributed by atoms with Gasteiger partial charge in [0.2, 0.25) is 0 Å². The van der Waals surface area contributed by atoms with Gasteiger partial charge in [-0.15, -0.1) is 0 Å². The Balaban J connectivity index is 1.21. The molecule has 2 aliphatic rings. The van der Waals surface area contributed by atoms with Crippen LogP contribution in [0.4, 0.5) is 5.69 Å². The van der Waals surface area contributed by atoms with Crippen molar-refractivity contribution in [3.05, 3.63) is 77.9 Å². The van der Waals surface area contributed by atoms with Gasteiger partial charge < -0.3 is 24.8 Å². The molecule has 0 bridgehead atoms. The summed E-state index contributed by atoms with van der Waals surface area (Å²) >= 11 is 0. The molecule has 0 radical (unpaired) electrons. The number of anilines is 1. The van der Waals surface area contributed by atoms with Gasteiger partial charge in [-0.3, -0.25) is 4.79 Å². The number of fused-ring (bicyclic) bond motifs is 1. The first-order valence-corrected chi connectivity index (χ1v) is 11.4. The fourth-order valence-electron chi connectivity index (χ4n) is 4.13. The van der Waals surface area contributed by atoms with Crippen LogP contribution in [0.3, 0.4) is 0 Å². The molecule has 0 saturated carbocycles. The second-order valence-electron chi connectivity index (χ2n) is 8.39. The molecule has 0 unspecified atom stereocenters. The SMILES string of the molecule is O=C1COc2c(cccc2-c2ccc(OCc3cccc(C(=O)OC(=O)[C@@H]4CCCN4)c3)cc2)N1. The predicted molar refractivity (Wildman–Crippen MR) is 128 cm³/mol. The second-order valence-corrected chi connectivity index (χ2v) is 8.39. The van der Waals surface area contributed by atoms with E-state index in [1.54, 1.807) is 24.3 Å². The van der Waals surface area contributed by atoms with E-state index in [2.05, 4.69) is 10.6 Å². The van der Waals surface area contributed by atoms with E-state index in [4.69, 9.17) is 14.2 Å². The number of esters is 2. The van der Waals surface area contributed by atoms with Crippen LogP contribution in [0.2, 0.25) is 0 Å². The highest BCUT2D eigenvalue weighted by molar-refractivity contribution is 5.98. The number of amides is 1. The van der Waals surface area contributed by atoms with Gasteiger partial charge in [-0.2, -0.15) is 0 Å². The molecule has 0 aromatic heterocycles. The minimum atomic E-state index is -0.667. The van der Waals surface area contributed by atoms with Crippen molar-refractivity contribution in [1.82, 2.24) is 5.32 Å². The smallest absolute Gasteiger partial charge is 0.345 e. The van der Waals surface area contributed by atoms with Crippen LogP contribution < -0.4 is 20.1 Å². The maximum Gasteiger partial charge on any atom is 0.345 e. The van der Waals surface area contributed by atoms with Crippen LogP contribution in [0.1, 0.15) is 28.8 Å². The number of nitrogens with one attached hydrogen (secondary N) is 2. The third kappa shape index (κ3) is 5.17. The molecule has 0 aliphatic carbocycles. The van der Waals surface area contributed by atoms with Crippen LogP contribution in [0.25, 0.3) is 11.1 Å². The topological polar surface area (TPSA) is 103 Å². The Morgan fingerprint density at radius 1 is 1.03 bits per heavy atom. The first-order chi connectivity index (χ1) is 17.1. The molecule has 0 spiro atoms. The standard InChI is InChI=1S/C27H24N2O6/c30-24-16-34-25-21(6-2-7-22(25)29-24)18-9-11-20(12-10-18)33-15-17-4-1-5-19(14-17)26(31)35-27(32)23-8-3-13-28-23/h1-2,4-7,9-12,14,23,28H,3,8,13,15-16H2,(H,29,30)/t23-/m0/s1. The van der Waals surface area contributed by atoms with E-state index in [1.807, 2.05) is 42.5 Å². The van der Waals surface area contributed by atoms with Crippen LogP contribution in [0, 0.1) is 0 Å². The number of hydrogen-bond donors (Lipinski definition) is 2. The minimum absolute atomic E-state index is 0.0105. The minimum Gasteiger partial charge on any atom is -0.489 e. The van der Waals surface area contributed by atoms with Crippen LogP contribution in [-0.2, 0) is 20.9 Å².